The monoisotopic (exact) mass is 303 g/mol. The average molecular weight is 303 g/mol. The van der Waals surface area contributed by atoms with E-state index in [0.717, 1.165) is 12.1 Å². The minimum atomic E-state index is -3.85. The van der Waals surface area contributed by atoms with Gasteiger partial charge in [-0.3, -0.25) is 0 Å². The van der Waals surface area contributed by atoms with E-state index >= 15 is 0 Å². The van der Waals surface area contributed by atoms with Crippen molar-refractivity contribution in [2.24, 2.45) is 0 Å². The van der Waals surface area contributed by atoms with Crippen molar-refractivity contribution in [3.63, 3.8) is 0 Å². The number of carbonyl (C=O) groups is 1. The van der Waals surface area contributed by atoms with Crippen molar-refractivity contribution in [1.82, 2.24) is 4.72 Å². The van der Waals surface area contributed by atoms with Gasteiger partial charge in [0, 0.05) is 13.2 Å². The van der Waals surface area contributed by atoms with Gasteiger partial charge in [-0.15, -0.1) is 0 Å². The predicted molar refractivity (Wildman–Crippen MR) is 71.3 cm³/mol. The molecule has 0 bridgehead atoms. The van der Waals surface area contributed by atoms with Gasteiger partial charge in [0.1, 0.15) is 11.3 Å². The number of unbranched alkanes of at least 4 members (excludes halogenated alkanes) is 1. The van der Waals surface area contributed by atoms with Crippen LogP contribution >= 0.6 is 0 Å². The molecule has 0 radical (unpaired) electrons. The highest BCUT2D eigenvalue weighted by atomic mass is 32.2. The molecule has 0 saturated heterocycles. The van der Waals surface area contributed by atoms with Crippen LogP contribution in [0, 0.1) is 6.92 Å². The molecule has 1 rings (SSSR count). The van der Waals surface area contributed by atoms with Crippen molar-refractivity contribution >= 4 is 16.0 Å². The average Bonchev–Trinajstić information content (AvgIpc) is 2.33. The lowest BCUT2D eigenvalue weighted by molar-refractivity contribution is 0.0693. The standard InChI is InChI=1S/C12H17NO6S/c1-8-6-10(15)9(12(16)17)7-11(8)20(18,19)13-4-2-3-5-14/h6-7,13-15H,2-5H2,1H3,(H,16,17). The number of sulfonamides is 1. The number of phenols is 1. The Hall–Kier alpha value is -1.64. The van der Waals surface area contributed by atoms with Crippen molar-refractivity contribution in [2.75, 3.05) is 13.2 Å². The summed E-state index contributed by atoms with van der Waals surface area (Å²) in [5.74, 6) is -1.88. The SMILES string of the molecule is Cc1cc(O)c(C(=O)O)cc1S(=O)(=O)NCCCCO. The van der Waals surface area contributed by atoms with E-state index in [-0.39, 0.29) is 23.6 Å². The van der Waals surface area contributed by atoms with Gasteiger partial charge < -0.3 is 15.3 Å². The first kappa shape index (κ1) is 16.4. The van der Waals surface area contributed by atoms with E-state index in [1.54, 1.807) is 0 Å². The zero-order valence-corrected chi connectivity index (χ0v) is 11.8. The largest absolute Gasteiger partial charge is 0.507 e. The Bertz CT molecular complexity index is 596. The summed E-state index contributed by atoms with van der Waals surface area (Å²) in [6.45, 7) is 1.59. The van der Waals surface area contributed by atoms with E-state index < -0.39 is 27.3 Å². The first-order valence-corrected chi connectivity index (χ1v) is 7.45. The summed E-state index contributed by atoms with van der Waals surface area (Å²) in [6.07, 6.45) is 0.941. The number of rotatable bonds is 7. The maximum atomic E-state index is 12.1. The number of aromatic hydroxyl groups is 1. The third-order valence-corrected chi connectivity index (χ3v) is 4.29. The molecule has 20 heavy (non-hydrogen) atoms. The van der Waals surface area contributed by atoms with Gasteiger partial charge in [0.15, 0.2) is 0 Å². The number of benzene rings is 1. The maximum Gasteiger partial charge on any atom is 0.339 e. The molecule has 0 aliphatic carbocycles. The number of hydrogen-bond acceptors (Lipinski definition) is 5. The molecule has 0 atom stereocenters. The zero-order valence-electron chi connectivity index (χ0n) is 11.0. The lowest BCUT2D eigenvalue weighted by atomic mass is 10.1. The number of carboxylic acid groups (broad SMARTS) is 1. The second-order valence-corrected chi connectivity index (χ2v) is 6.00. The molecule has 0 fully saturated rings. The third-order valence-electron chi connectivity index (χ3n) is 2.69. The Morgan fingerprint density at radius 1 is 1.30 bits per heavy atom. The molecule has 0 unspecified atom stereocenters. The van der Waals surface area contributed by atoms with Crippen LogP contribution in [0.3, 0.4) is 0 Å². The summed E-state index contributed by atoms with van der Waals surface area (Å²) in [7, 11) is -3.85. The number of hydrogen-bond donors (Lipinski definition) is 4. The summed E-state index contributed by atoms with van der Waals surface area (Å²) in [5.41, 5.74) is -0.214. The quantitative estimate of drug-likeness (QED) is 0.542. The second kappa shape index (κ2) is 6.69. The summed E-state index contributed by atoms with van der Waals surface area (Å²) in [5, 5.41) is 27.0. The zero-order chi connectivity index (χ0) is 15.3. The second-order valence-electron chi connectivity index (χ2n) is 4.27. The lowest BCUT2D eigenvalue weighted by Gasteiger charge is -2.11. The minimum Gasteiger partial charge on any atom is -0.507 e. The predicted octanol–water partition coefficient (Wildman–Crippen LogP) is 0.450. The van der Waals surface area contributed by atoms with Gasteiger partial charge >= 0.3 is 5.97 Å². The maximum absolute atomic E-state index is 12.1. The Morgan fingerprint density at radius 2 is 1.95 bits per heavy atom. The highest BCUT2D eigenvalue weighted by molar-refractivity contribution is 7.89. The van der Waals surface area contributed by atoms with Gasteiger partial charge in [0.05, 0.1) is 4.90 Å². The summed E-state index contributed by atoms with van der Waals surface area (Å²) >= 11 is 0. The lowest BCUT2D eigenvalue weighted by Crippen LogP contribution is -2.26. The molecule has 1 aromatic rings. The van der Waals surface area contributed by atoms with Gasteiger partial charge in [-0.2, -0.15) is 0 Å². The molecule has 8 heteroatoms. The Labute approximate surface area is 116 Å². The molecule has 0 aromatic heterocycles. The Kier molecular flexibility index (Phi) is 5.49. The molecule has 7 nitrogen and oxygen atoms in total. The van der Waals surface area contributed by atoms with E-state index in [2.05, 4.69) is 4.72 Å². The number of nitrogens with one attached hydrogen (secondary N) is 1. The van der Waals surface area contributed by atoms with E-state index in [0.29, 0.717) is 12.8 Å². The van der Waals surface area contributed by atoms with Crippen LogP contribution in [-0.2, 0) is 10.0 Å². The molecule has 0 aliphatic rings. The molecular weight excluding hydrogens is 286 g/mol. The molecule has 0 amide bonds. The molecule has 112 valence electrons. The van der Waals surface area contributed by atoms with Crippen molar-refractivity contribution in [3.8, 4) is 5.75 Å². The van der Waals surface area contributed by atoms with Crippen molar-refractivity contribution in [1.29, 1.82) is 0 Å². The normalized spacial score (nSPS) is 11.5. The fourth-order valence-corrected chi connectivity index (χ4v) is 2.98. The van der Waals surface area contributed by atoms with Gasteiger partial charge in [0.2, 0.25) is 10.0 Å². The highest BCUT2D eigenvalue weighted by Crippen LogP contribution is 2.25. The van der Waals surface area contributed by atoms with E-state index in [1.165, 1.54) is 6.92 Å². The van der Waals surface area contributed by atoms with Crippen LogP contribution in [0.15, 0.2) is 17.0 Å². The molecule has 4 N–H and O–H groups in total. The van der Waals surface area contributed by atoms with Crippen LogP contribution in [0.2, 0.25) is 0 Å². The third kappa shape index (κ3) is 3.92. The first-order valence-electron chi connectivity index (χ1n) is 5.97. The van der Waals surface area contributed by atoms with Gasteiger partial charge in [-0.1, -0.05) is 0 Å². The summed E-state index contributed by atoms with van der Waals surface area (Å²) in [6, 6.07) is 2.03. The Morgan fingerprint density at radius 3 is 2.50 bits per heavy atom. The fraction of sp³-hybridized carbons (Fsp3) is 0.417. The number of aromatic carboxylic acids is 1. The van der Waals surface area contributed by atoms with E-state index in [4.69, 9.17) is 10.2 Å². The van der Waals surface area contributed by atoms with Gasteiger partial charge in [0.25, 0.3) is 0 Å². The minimum absolute atomic E-state index is 0.0247. The first-order chi connectivity index (χ1) is 9.29. The fourth-order valence-electron chi connectivity index (χ4n) is 1.65. The number of aliphatic hydroxyl groups is 1. The summed E-state index contributed by atoms with van der Waals surface area (Å²) < 4.78 is 26.4. The topological polar surface area (TPSA) is 124 Å². The van der Waals surface area contributed by atoms with Crippen LogP contribution in [-0.4, -0.2) is 42.9 Å². The molecule has 0 heterocycles. The molecule has 0 aliphatic heterocycles. The molecule has 0 saturated carbocycles. The Balaban J connectivity index is 3.05. The van der Waals surface area contributed by atoms with E-state index in [1.807, 2.05) is 0 Å². The van der Waals surface area contributed by atoms with Crippen LogP contribution in [0.1, 0.15) is 28.8 Å². The van der Waals surface area contributed by atoms with Crippen LogP contribution < -0.4 is 4.72 Å². The highest BCUT2D eigenvalue weighted by Gasteiger charge is 2.21. The van der Waals surface area contributed by atoms with Crippen LogP contribution in [0.4, 0.5) is 0 Å². The molecule has 0 spiro atoms. The van der Waals surface area contributed by atoms with Crippen LogP contribution in [0.5, 0.6) is 5.75 Å². The molecule has 1 aromatic carbocycles. The van der Waals surface area contributed by atoms with Crippen molar-refractivity contribution < 1.29 is 28.5 Å². The van der Waals surface area contributed by atoms with E-state index in [9.17, 15) is 18.3 Å². The molecular formula is C12H17NO6S. The number of aliphatic hydroxyl groups excluding tert-OH is 1. The smallest absolute Gasteiger partial charge is 0.339 e. The van der Waals surface area contributed by atoms with Crippen LogP contribution in [0.25, 0.3) is 0 Å². The van der Waals surface area contributed by atoms with Crippen molar-refractivity contribution in [2.45, 2.75) is 24.7 Å². The summed E-state index contributed by atoms with van der Waals surface area (Å²) in [4.78, 5) is 10.7. The van der Waals surface area contributed by atoms with Gasteiger partial charge in [-0.25, -0.2) is 17.9 Å². The number of aryl methyl sites for hydroxylation is 1. The van der Waals surface area contributed by atoms with Crippen molar-refractivity contribution in [3.05, 3.63) is 23.3 Å². The van der Waals surface area contributed by atoms with Gasteiger partial charge in [-0.05, 0) is 37.5 Å². The number of carboxylic acids is 1.